The summed E-state index contributed by atoms with van der Waals surface area (Å²) in [6.07, 6.45) is 48.2. The van der Waals surface area contributed by atoms with Gasteiger partial charge in [-0.3, -0.25) is 14.4 Å². The van der Waals surface area contributed by atoms with Crippen molar-refractivity contribution in [3.63, 3.8) is 0 Å². The summed E-state index contributed by atoms with van der Waals surface area (Å²) in [7, 11) is 0. The molecule has 0 aliphatic rings. The largest absolute Gasteiger partial charge is 0.462 e. The van der Waals surface area contributed by atoms with Gasteiger partial charge in [0.2, 0.25) is 0 Å². The lowest BCUT2D eigenvalue weighted by Gasteiger charge is -2.18. The van der Waals surface area contributed by atoms with Crippen LogP contribution in [-0.4, -0.2) is 37.2 Å². The Morgan fingerprint density at radius 3 is 1.17 bits per heavy atom. The van der Waals surface area contributed by atoms with Crippen molar-refractivity contribution in [2.45, 2.75) is 219 Å². The highest BCUT2D eigenvalue weighted by Crippen LogP contribution is 2.14. The fraction of sp³-hybridized carbons (Fsp3) is 0.766. The van der Waals surface area contributed by atoms with E-state index in [4.69, 9.17) is 14.2 Å². The first-order chi connectivity index (χ1) is 26.0. The summed E-state index contributed by atoms with van der Waals surface area (Å²) < 4.78 is 16.6. The van der Waals surface area contributed by atoms with Crippen molar-refractivity contribution in [1.29, 1.82) is 0 Å². The summed E-state index contributed by atoms with van der Waals surface area (Å²) in [5.41, 5.74) is 0. The zero-order valence-corrected chi connectivity index (χ0v) is 34.8. The first kappa shape index (κ1) is 50.4. The van der Waals surface area contributed by atoms with E-state index in [0.717, 1.165) is 103 Å². The number of rotatable bonds is 39. The number of allylic oxidation sites excluding steroid dienone is 8. The van der Waals surface area contributed by atoms with E-state index in [-0.39, 0.29) is 31.1 Å². The summed E-state index contributed by atoms with van der Waals surface area (Å²) in [4.78, 5) is 37.6. The van der Waals surface area contributed by atoms with Gasteiger partial charge in [-0.1, -0.05) is 172 Å². The molecule has 1 atom stereocenters. The van der Waals surface area contributed by atoms with E-state index in [0.29, 0.717) is 19.3 Å². The predicted molar refractivity (Wildman–Crippen MR) is 224 cm³/mol. The summed E-state index contributed by atoms with van der Waals surface area (Å²) >= 11 is 0. The molecule has 0 bridgehead atoms. The summed E-state index contributed by atoms with van der Waals surface area (Å²) in [6, 6.07) is 0. The molecule has 0 heterocycles. The number of esters is 3. The van der Waals surface area contributed by atoms with Crippen LogP contribution >= 0.6 is 0 Å². The number of hydrogen-bond acceptors (Lipinski definition) is 6. The first-order valence-corrected chi connectivity index (χ1v) is 22.1. The summed E-state index contributed by atoms with van der Waals surface area (Å²) in [5, 5.41) is 0. The van der Waals surface area contributed by atoms with Gasteiger partial charge < -0.3 is 14.2 Å². The van der Waals surface area contributed by atoms with E-state index >= 15 is 0 Å². The lowest BCUT2D eigenvalue weighted by Crippen LogP contribution is -2.30. The number of ether oxygens (including phenoxy) is 3. The zero-order valence-electron chi connectivity index (χ0n) is 34.8. The minimum Gasteiger partial charge on any atom is -0.462 e. The van der Waals surface area contributed by atoms with E-state index < -0.39 is 6.10 Å². The van der Waals surface area contributed by atoms with Crippen molar-refractivity contribution < 1.29 is 28.6 Å². The van der Waals surface area contributed by atoms with E-state index in [9.17, 15) is 14.4 Å². The van der Waals surface area contributed by atoms with E-state index in [1.165, 1.54) is 70.6 Å². The molecular formula is C47H82O6. The molecule has 0 saturated carbocycles. The van der Waals surface area contributed by atoms with Gasteiger partial charge in [0.05, 0.1) is 0 Å². The Morgan fingerprint density at radius 2 is 0.736 bits per heavy atom. The molecule has 0 saturated heterocycles. The Balaban J connectivity index is 4.38. The van der Waals surface area contributed by atoms with Crippen LogP contribution in [0.3, 0.4) is 0 Å². The van der Waals surface area contributed by atoms with Crippen molar-refractivity contribution >= 4 is 17.9 Å². The molecule has 306 valence electrons. The van der Waals surface area contributed by atoms with Gasteiger partial charge in [-0.25, -0.2) is 0 Å². The second-order valence-electron chi connectivity index (χ2n) is 14.5. The van der Waals surface area contributed by atoms with Crippen LogP contribution in [0.4, 0.5) is 0 Å². The normalized spacial score (nSPS) is 12.4. The Bertz CT molecular complexity index is 949. The number of hydrogen-bond donors (Lipinski definition) is 0. The van der Waals surface area contributed by atoms with Crippen LogP contribution in [0.15, 0.2) is 48.6 Å². The minimum atomic E-state index is -0.787. The molecule has 0 aromatic heterocycles. The second-order valence-corrected chi connectivity index (χ2v) is 14.5. The molecule has 0 spiro atoms. The van der Waals surface area contributed by atoms with Gasteiger partial charge in [0.1, 0.15) is 13.2 Å². The number of unbranched alkanes of at least 4 members (excludes halogenated alkanes) is 20. The fourth-order valence-electron chi connectivity index (χ4n) is 6.05. The van der Waals surface area contributed by atoms with Gasteiger partial charge in [0.15, 0.2) is 6.10 Å². The highest BCUT2D eigenvalue weighted by Gasteiger charge is 2.19. The van der Waals surface area contributed by atoms with Crippen molar-refractivity contribution in [2.75, 3.05) is 13.2 Å². The highest BCUT2D eigenvalue weighted by atomic mass is 16.6. The van der Waals surface area contributed by atoms with Crippen LogP contribution < -0.4 is 0 Å². The van der Waals surface area contributed by atoms with Gasteiger partial charge in [0, 0.05) is 19.3 Å². The van der Waals surface area contributed by atoms with E-state index in [1.54, 1.807) is 0 Å². The Morgan fingerprint density at radius 1 is 0.396 bits per heavy atom. The molecule has 6 heteroatoms. The Labute approximate surface area is 327 Å². The quantitative estimate of drug-likeness (QED) is 0.0270. The SMILES string of the molecule is CC/C=C\C/C=C\CCCCCCCC(=O)OC(COC(=O)CCCC/C=C\C/C=C\CC)COC(=O)CCCCCCCCCCCCCCCC. The van der Waals surface area contributed by atoms with Crippen molar-refractivity contribution in [3.05, 3.63) is 48.6 Å². The molecule has 0 aliphatic carbocycles. The lowest BCUT2D eigenvalue weighted by atomic mass is 10.0. The number of carbonyl (C=O) groups is 3. The lowest BCUT2D eigenvalue weighted by molar-refractivity contribution is -0.167. The van der Waals surface area contributed by atoms with Gasteiger partial charge >= 0.3 is 17.9 Å². The molecule has 6 nitrogen and oxygen atoms in total. The predicted octanol–water partition coefficient (Wildman–Crippen LogP) is 14.0. The molecule has 0 fully saturated rings. The molecular weight excluding hydrogens is 661 g/mol. The second kappa shape index (κ2) is 42.1. The maximum atomic E-state index is 12.7. The fourth-order valence-corrected chi connectivity index (χ4v) is 6.05. The molecule has 0 radical (unpaired) electrons. The third-order valence-corrected chi connectivity index (χ3v) is 9.33. The monoisotopic (exact) mass is 743 g/mol. The van der Waals surface area contributed by atoms with Gasteiger partial charge in [0.25, 0.3) is 0 Å². The van der Waals surface area contributed by atoms with Crippen LogP contribution in [0.5, 0.6) is 0 Å². The van der Waals surface area contributed by atoms with Crippen LogP contribution in [-0.2, 0) is 28.6 Å². The van der Waals surface area contributed by atoms with E-state index in [2.05, 4.69) is 69.4 Å². The van der Waals surface area contributed by atoms with Gasteiger partial charge in [-0.15, -0.1) is 0 Å². The van der Waals surface area contributed by atoms with Crippen molar-refractivity contribution in [1.82, 2.24) is 0 Å². The molecule has 0 aromatic rings. The van der Waals surface area contributed by atoms with Gasteiger partial charge in [-0.2, -0.15) is 0 Å². The van der Waals surface area contributed by atoms with Crippen LogP contribution in [0, 0.1) is 0 Å². The maximum Gasteiger partial charge on any atom is 0.306 e. The van der Waals surface area contributed by atoms with E-state index in [1.807, 2.05) is 0 Å². The Hall–Kier alpha value is -2.63. The molecule has 1 unspecified atom stereocenters. The third kappa shape index (κ3) is 40.4. The molecule has 0 aromatic carbocycles. The summed E-state index contributed by atoms with van der Waals surface area (Å²) in [6.45, 7) is 6.35. The van der Waals surface area contributed by atoms with Crippen molar-refractivity contribution in [3.8, 4) is 0 Å². The molecule has 0 rings (SSSR count). The average molecular weight is 743 g/mol. The summed E-state index contributed by atoms with van der Waals surface area (Å²) in [5.74, 6) is -0.943. The molecule has 0 N–H and O–H groups in total. The minimum absolute atomic E-state index is 0.0878. The standard InChI is InChI=1S/C47H82O6/c1-4-7-10-13-16-19-21-23-24-26-28-31-34-37-40-46(49)52-43-44(42-51-45(48)39-36-33-30-27-18-15-12-9-6-3)53-47(50)41-38-35-32-29-25-22-20-17-14-11-8-5-2/h8-9,11-12,17-18,20,27,44H,4-7,10,13-16,19,21-26,28-43H2,1-3H3/b11-8-,12-9-,20-17-,27-18-. The first-order valence-electron chi connectivity index (χ1n) is 22.1. The maximum absolute atomic E-state index is 12.7. The highest BCUT2D eigenvalue weighted by molar-refractivity contribution is 5.71. The van der Waals surface area contributed by atoms with Crippen LogP contribution in [0.25, 0.3) is 0 Å². The van der Waals surface area contributed by atoms with Crippen molar-refractivity contribution in [2.24, 2.45) is 0 Å². The third-order valence-electron chi connectivity index (χ3n) is 9.33. The Kier molecular flexibility index (Phi) is 40.0. The smallest absolute Gasteiger partial charge is 0.306 e. The topological polar surface area (TPSA) is 78.9 Å². The van der Waals surface area contributed by atoms with Crippen LogP contribution in [0.1, 0.15) is 213 Å². The van der Waals surface area contributed by atoms with Crippen LogP contribution in [0.2, 0.25) is 0 Å². The average Bonchev–Trinajstić information content (AvgIpc) is 3.15. The molecule has 0 aliphatic heterocycles. The van der Waals surface area contributed by atoms with Gasteiger partial charge in [-0.05, 0) is 70.6 Å². The molecule has 0 amide bonds. The zero-order chi connectivity index (χ0) is 38.7. The molecule has 53 heavy (non-hydrogen) atoms. The number of carbonyl (C=O) groups excluding carboxylic acids is 3.